The SMILES string of the molecule is CC(=O)c1cccc(NC(=O)c2cnc3c(-c4ccc(F)cc4)c(C)nn3c2C)c1. The van der Waals surface area contributed by atoms with Crippen molar-refractivity contribution < 1.29 is 14.0 Å². The van der Waals surface area contributed by atoms with E-state index in [0.29, 0.717) is 28.2 Å². The van der Waals surface area contributed by atoms with Crippen LogP contribution in [0.5, 0.6) is 0 Å². The molecule has 0 unspecified atom stereocenters. The van der Waals surface area contributed by atoms with Gasteiger partial charge >= 0.3 is 0 Å². The van der Waals surface area contributed by atoms with Gasteiger partial charge in [0.15, 0.2) is 11.4 Å². The fourth-order valence-corrected chi connectivity index (χ4v) is 3.39. The molecule has 0 saturated carbocycles. The molecular weight excluding hydrogens is 383 g/mol. The van der Waals surface area contributed by atoms with Crippen molar-refractivity contribution in [3.63, 3.8) is 0 Å². The van der Waals surface area contributed by atoms with Gasteiger partial charge in [0.05, 0.1) is 17.0 Å². The molecule has 0 aliphatic heterocycles. The topological polar surface area (TPSA) is 76.4 Å². The summed E-state index contributed by atoms with van der Waals surface area (Å²) in [6.45, 7) is 5.11. The number of amides is 1. The van der Waals surface area contributed by atoms with Gasteiger partial charge in [-0.3, -0.25) is 9.59 Å². The Balaban J connectivity index is 1.72. The van der Waals surface area contributed by atoms with Crippen molar-refractivity contribution in [1.29, 1.82) is 0 Å². The predicted octanol–water partition coefficient (Wildman–Crippen LogP) is 4.61. The van der Waals surface area contributed by atoms with Crippen molar-refractivity contribution in [2.75, 3.05) is 5.32 Å². The van der Waals surface area contributed by atoms with Crippen LogP contribution in [0.15, 0.2) is 54.7 Å². The van der Waals surface area contributed by atoms with Crippen LogP contribution in [0.4, 0.5) is 10.1 Å². The molecule has 2 heterocycles. The van der Waals surface area contributed by atoms with Gasteiger partial charge in [0, 0.05) is 23.0 Å². The largest absolute Gasteiger partial charge is 0.322 e. The van der Waals surface area contributed by atoms with Crippen LogP contribution in [0, 0.1) is 19.7 Å². The Morgan fingerprint density at radius 3 is 2.50 bits per heavy atom. The minimum atomic E-state index is -0.348. The molecule has 1 amide bonds. The highest BCUT2D eigenvalue weighted by Gasteiger charge is 2.19. The van der Waals surface area contributed by atoms with E-state index in [1.165, 1.54) is 25.3 Å². The van der Waals surface area contributed by atoms with Crippen LogP contribution in [0.25, 0.3) is 16.8 Å². The lowest BCUT2D eigenvalue weighted by Gasteiger charge is -2.10. The van der Waals surface area contributed by atoms with Gasteiger partial charge in [0.25, 0.3) is 5.91 Å². The molecule has 150 valence electrons. The number of rotatable bonds is 4. The number of ketones is 1. The van der Waals surface area contributed by atoms with Crippen LogP contribution in [0.2, 0.25) is 0 Å². The molecule has 0 saturated heterocycles. The average Bonchev–Trinajstić information content (AvgIpc) is 3.06. The maximum atomic E-state index is 13.3. The first-order chi connectivity index (χ1) is 14.3. The molecule has 0 bridgehead atoms. The summed E-state index contributed by atoms with van der Waals surface area (Å²) in [5.41, 5.74) is 4.94. The average molecular weight is 402 g/mol. The second-order valence-corrected chi connectivity index (χ2v) is 7.05. The molecule has 0 spiro atoms. The summed E-state index contributed by atoms with van der Waals surface area (Å²) in [5, 5.41) is 7.34. The van der Waals surface area contributed by atoms with E-state index in [0.717, 1.165) is 16.8 Å². The van der Waals surface area contributed by atoms with E-state index in [1.807, 2.05) is 6.92 Å². The van der Waals surface area contributed by atoms with Crippen molar-refractivity contribution in [3.8, 4) is 11.1 Å². The number of fused-ring (bicyclic) bond motifs is 1. The summed E-state index contributed by atoms with van der Waals surface area (Å²) < 4.78 is 14.9. The zero-order valence-corrected chi connectivity index (χ0v) is 16.7. The number of hydrogen-bond donors (Lipinski definition) is 1. The Morgan fingerprint density at radius 2 is 1.80 bits per heavy atom. The molecular formula is C23H19FN4O2. The molecule has 6 nitrogen and oxygen atoms in total. The third-order valence-corrected chi connectivity index (χ3v) is 4.96. The summed E-state index contributed by atoms with van der Waals surface area (Å²) >= 11 is 0. The Kier molecular flexibility index (Phi) is 4.87. The van der Waals surface area contributed by atoms with Crippen LogP contribution in [0.3, 0.4) is 0 Å². The van der Waals surface area contributed by atoms with Gasteiger partial charge in [-0.2, -0.15) is 5.10 Å². The molecule has 2 aromatic heterocycles. The summed E-state index contributed by atoms with van der Waals surface area (Å²) in [5.74, 6) is -0.741. The first kappa shape index (κ1) is 19.4. The quantitative estimate of drug-likeness (QED) is 0.506. The van der Waals surface area contributed by atoms with Crippen LogP contribution < -0.4 is 5.32 Å². The van der Waals surface area contributed by atoms with Crippen LogP contribution in [0.1, 0.15) is 39.0 Å². The van der Waals surface area contributed by atoms with Crippen LogP contribution in [-0.2, 0) is 0 Å². The van der Waals surface area contributed by atoms with Gasteiger partial charge in [-0.05, 0) is 50.6 Å². The molecule has 4 rings (SSSR count). The van der Waals surface area contributed by atoms with E-state index < -0.39 is 0 Å². The highest BCUT2D eigenvalue weighted by molar-refractivity contribution is 6.06. The normalized spacial score (nSPS) is 10.9. The molecule has 0 radical (unpaired) electrons. The number of halogens is 1. The molecule has 0 fully saturated rings. The Hall–Kier alpha value is -3.87. The second-order valence-electron chi connectivity index (χ2n) is 7.05. The number of Topliss-reactive ketones (excluding diaryl/α,β-unsaturated/α-hetero) is 1. The second kappa shape index (κ2) is 7.51. The van der Waals surface area contributed by atoms with Gasteiger partial charge in [-0.1, -0.05) is 24.3 Å². The zero-order valence-electron chi connectivity index (χ0n) is 16.7. The fourth-order valence-electron chi connectivity index (χ4n) is 3.39. The highest BCUT2D eigenvalue weighted by atomic mass is 19.1. The Morgan fingerprint density at radius 1 is 1.07 bits per heavy atom. The Labute approximate surface area is 172 Å². The zero-order chi connectivity index (χ0) is 21.4. The summed E-state index contributed by atoms with van der Waals surface area (Å²) in [4.78, 5) is 28.9. The third kappa shape index (κ3) is 3.45. The minimum absolute atomic E-state index is 0.0781. The smallest absolute Gasteiger partial charge is 0.259 e. The van der Waals surface area contributed by atoms with Crippen LogP contribution in [-0.4, -0.2) is 26.3 Å². The first-order valence-corrected chi connectivity index (χ1v) is 9.38. The maximum Gasteiger partial charge on any atom is 0.259 e. The summed E-state index contributed by atoms with van der Waals surface area (Å²) in [7, 11) is 0. The molecule has 0 atom stereocenters. The van der Waals surface area contributed by atoms with Gasteiger partial charge in [-0.15, -0.1) is 0 Å². The van der Waals surface area contributed by atoms with E-state index in [-0.39, 0.29) is 17.5 Å². The van der Waals surface area contributed by atoms with Crippen molar-refractivity contribution in [2.24, 2.45) is 0 Å². The number of nitrogens with zero attached hydrogens (tertiary/aromatic N) is 3. The third-order valence-electron chi connectivity index (χ3n) is 4.96. The lowest BCUT2D eigenvalue weighted by Crippen LogP contribution is -2.16. The minimum Gasteiger partial charge on any atom is -0.322 e. The number of aromatic nitrogens is 3. The maximum absolute atomic E-state index is 13.3. The number of carbonyl (C=O) groups is 2. The molecule has 30 heavy (non-hydrogen) atoms. The summed E-state index contributed by atoms with van der Waals surface area (Å²) in [6, 6.07) is 12.9. The molecule has 7 heteroatoms. The number of benzene rings is 2. The molecule has 2 aromatic carbocycles. The number of aryl methyl sites for hydroxylation is 2. The van der Waals surface area contributed by atoms with E-state index in [2.05, 4.69) is 15.4 Å². The molecule has 0 aliphatic rings. The summed E-state index contributed by atoms with van der Waals surface area (Å²) in [6.07, 6.45) is 1.50. The number of carbonyl (C=O) groups excluding carboxylic acids is 2. The lowest BCUT2D eigenvalue weighted by atomic mass is 10.1. The highest BCUT2D eigenvalue weighted by Crippen LogP contribution is 2.28. The van der Waals surface area contributed by atoms with Crippen molar-refractivity contribution in [3.05, 3.63) is 83.1 Å². The van der Waals surface area contributed by atoms with Crippen molar-refractivity contribution in [2.45, 2.75) is 20.8 Å². The van der Waals surface area contributed by atoms with E-state index >= 15 is 0 Å². The number of anilines is 1. The molecule has 0 aliphatic carbocycles. The van der Waals surface area contributed by atoms with Gasteiger partial charge in [0.1, 0.15) is 5.82 Å². The van der Waals surface area contributed by atoms with Crippen molar-refractivity contribution in [1.82, 2.24) is 14.6 Å². The van der Waals surface area contributed by atoms with Gasteiger partial charge in [0.2, 0.25) is 0 Å². The lowest BCUT2D eigenvalue weighted by molar-refractivity contribution is 0.101. The Bertz CT molecular complexity index is 1290. The standard InChI is InChI=1S/C23H19FN4O2/c1-13-21(16-7-9-18(24)10-8-16)22-25-12-20(14(2)28(22)27-13)23(30)26-19-6-4-5-17(11-19)15(3)29/h4-12H,1-3H3,(H,26,30). The van der Waals surface area contributed by atoms with E-state index in [4.69, 9.17) is 0 Å². The number of nitrogens with one attached hydrogen (secondary N) is 1. The number of hydrogen-bond acceptors (Lipinski definition) is 4. The fraction of sp³-hybridized carbons (Fsp3) is 0.130. The molecule has 4 aromatic rings. The predicted molar refractivity (Wildman–Crippen MR) is 112 cm³/mol. The monoisotopic (exact) mass is 402 g/mol. The first-order valence-electron chi connectivity index (χ1n) is 9.38. The van der Waals surface area contributed by atoms with E-state index in [9.17, 15) is 14.0 Å². The van der Waals surface area contributed by atoms with E-state index in [1.54, 1.807) is 47.8 Å². The van der Waals surface area contributed by atoms with Gasteiger partial charge in [-0.25, -0.2) is 13.9 Å². The van der Waals surface area contributed by atoms with Crippen molar-refractivity contribution >= 4 is 23.0 Å². The van der Waals surface area contributed by atoms with Crippen LogP contribution >= 0.6 is 0 Å². The molecule has 1 N–H and O–H groups in total. The van der Waals surface area contributed by atoms with Gasteiger partial charge < -0.3 is 5.32 Å².